The SMILES string of the molecule is CC(N)C1CCN(Cc2ccccc2Cl)C1.Cl. The maximum absolute atomic E-state index is 6.15. The summed E-state index contributed by atoms with van der Waals surface area (Å²) in [5.74, 6) is 0.641. The van der Waals surface area contributed by atoms with Crippen molar-refractivity contribution in [3.05, 3.63) is 34.9 Å². The van der Waals surface area contributed by atoms with E-state index in [1.54, 1.807) is 0 Å². The van der Waals surface area contributed by atoms with Crippen LogP contribution in [0, 0.1) is 5.92 Å². The van der Waals surface area contributed by atoms with Gasteiger partial charge in [0.05, 0.1) is 0 Å². The molecule has 0 spiro atoms. The molecule has 0 saturated carbocycles. The van der Waals surface area contributed by atoms with Crippen LogP contribution in [0.3, 0.4) is 0 Å². The highest BCUT2D eigenvalue weighted by Gasteiger charge is 2.25. The lowest BCUT2D eigenvalue weighted by Crippen LogP contribution is -2.29. The molecular formula is C13H20Cl2N2. The smallest absolute Gasteiger partial charge is 0.0451 e. The number of benzene rings is 1. The maximum Gasteiger partial charge on any atom is 0.0451 e. The molecule has 0 aliphatic carbocycles. The highest BCUT2D eigenvalue weighted by molar-refractivity contribution is 6.31. The molecule has 2 N–H and O–H groups in total. The van der Waals surface area contributed by atoms with Crippen molar-refractivity contribution in [1.29, 1.82) is 0 Å². The van der Waals surface area contributed by atoms with Crippen LogP contribution in [0.25, 0.3) is 0 Å². The molecule has 1 aliphatic heterocycles. The van der Waals surface area contributed by atoms with Crippen molar-refractivity contribution < 1.29 is 0 Å². The first-order valence-electron chi connectivity index (χ1n) is 5.88. The van der Waals surface area contributed by atoms with E-state index in [4.69, 9.17) is 17.3 Å². The third kappa shape index (κ3) is 3.85. The van der Waals surface area contributed by atoms with Crippen molar-refractivity contribution in [1.82, 2.24) is 4.90 Å². The maximum atomic E-state index is 6.15. The van der Waals surface area contributed by atoms with E-state index in [-0.39, 0.29) is 12.4 Å². The Kier molecular flexibility index (Phi) is 5.74. The molecule has 1 fully saturated rings. The number of hydrogen-bond donors (Lipinski definition) is 1. The lowest BCUT2D eigenvalue weighted by molar-refractivity contribution is 0.308. The Morgan fingerprint density at radius 3 is 2.76 bits per heavy atom. The zero-order valence-electron chi connectivity index (χ0n) is 10.1. The molecule has 96 valence electrons. The molecule has 1 aliphatic rings. The van der Waals surface area contributed by atoms with Crippen LogP contribution in [0.2, 0.25) is 5.02 Å². The van der Waals surface area contributed by atoms with Gasteiger partial charge in [-0.1, -0.05) is 29.8 Å². The Balaban J connectivity index is 0.00000144. The normalized spacial score (nSPS) is 22.2. The summed E-state index contributed by atoms with van der Waals surface area (Å²) in [4.78, 5) is 2.44. The van der Waals surface area contributed by atoms with E-state index in [1.807, 2.05) is 18.2 Å². The average molecular weight is 275 g/mol. The Labute approximate surface area is 115 Å². The quantitative estimate of drug-likeness (QED) is 0.919. The van der Waals surface area contributed by atoms with Gasteiger partial charge in [0.1, 0.15) is 0 Å². The Hall–Kier alpha value is -0.280. The van der Waals surface area contributed by atoms with E-state index < -0.39 is 0 Å². The summed E-state index contributed by atoms with van der Waals surface area (Å²) < 4.78 is 0. The minimum Gasteiger partial charge on any atom is -0.328 e. The van der Waals surface area contributed by atoms with Gasteiger partial charge in [0.15, 0.2) is 0 Å². The van der Waals surface area contributed by atoms with Gasteiger partial charge in [-0.15, -0.1) is 12.4 Å². The molecule has 0 bridgehead atoms. The molecule has 1 saturated heterocycles. The highest BCUT2D eigenvalue weighted by Crippen LogP contribution is 2.23. The van der Waals surface area contributed by atoms with Crippen molar-refractivity contribution in [2.24, 2.45) is 11.7 Å². The van der Waals surface area contributed by atoms with Gasteiger partial charge in [-0.3, -0.25) is 4.90 Å². The number of nitrogens with two attached hydrogens (primary N) is 1. The molecule has 1 heterocycles. The molecule has 0 amide bonds. The van der Waals surface area contributed by atoms with E-state index in [0.29, 0.717) is 12.0 Å². The number of nitrogens with zero attached hydrogens (tertiary/aromatic N) is 1. The van der Waals surface area contributed by atoms with Gasteiger partial charge in [-0.05, 0) is 37.4 Å². The summed E-state index contributed by atoms with van der Waals surface area (Å²) in [6, 6.07) is 8.37. The molecular weight excluding hydrogens is 255 g/mol. The van der Waals surface area contributed by atoms with Crippen LogP contribution in [0.4, 0.5) is 0 Å². The summed E-state index contributed by atoms with van der Waals surface area (Å²) in [6.45, 7) is 5.28. The van der Waals surface area contributed by atoms with Gasteiger partial charge in [-0.25, -0.2) is 0 Å². The second-order valence-electron chi connectivity index (χ2n) is 4.73. The summed E-state index contributed by atoms with van der Waals surface area (Å²) >= 11 is 6.15. The Morgan fingerprint density at radius 2 is 2.18 bits per heavy atom. The first-order valence-corrected chi connectivity index (χ1v) is 6.26. The van der Waals surface area contributed by atoms with Crippen LogP contribution in [-0.2, 0) is 6.54 Å². The Morgan fingerprint density at radius 1 is 1.47 bits per heavy atom. The van der Waals surface area contributed by atoms with Crippen LogP contribution in [0.5, 0.6) is 0 Å². The summed E-state index contributed by atoms with van der Waals surface area (Å²) in [7, 11) is 0. The number of rotatable bonds is 3. The minimum atomic E-state index is 0. The fraction of sp³-hybridized carbons (Fsp3) is 0.538. The first-order chi connectivity index (χ1) is 7.66. The van der Waals surface area contributed by atoms with Crippen LogP contribution in [0.15, 0.2) is 24.3 Å². The summed E-state index contributed by atoms with van der Waals surface area (Å²) in [5.41, 5.74) is 7.15. The zero-order chi connectivity index (χ0) is 11.5. The third-order valence-corrected chi connectivity index (χ3v) is 3.77. The topological polar surface area (TPSA) is 29.3 Å². The highest BCUT2D eigenvalue weighted by atomic mass is 35.5. The zero-order valence-corrected chi connectivity index (χ0v) is 11.7. The molecule has 1 aromatic rings. The Bertz CT molecular complexity index is 355. The van der Waals surface area contributed by atoms with Crippen molar-refractivity contribution in [3.8, 4) is 0 Å². The molecule has 0 aromatic heterocycles. The van der Waals surface area contributed by atoms with Crippen molar-refractivity contribution in [2.45, 2.75) is 25.9 Å². The van der Waals surface area contributed by atoms with Gasteiger partial charge in [0.2, 0.25) is 0 Å². The molecule has 2 unspecified atom stereocenters. The van der Waals surface area contributed by atoms with Crippen LogP contribution >= 0.6 is 24.0 Å². The second kappa shape index (κ2) is 6.60. The van der Waals surface area contributed by atoms with Crippen LogP contribution in [0.1, 0.15) is 18.9 Å². The van der Waals surface area contributed by atoms with E-state index >= 15 is 0 Å². The standard InChI is InChI=1S/C13H19ClN2.ClH/c1-10(15)11-6-7-16(8-11)9-12-4-2-3-5-13(12)14;/h2-5,10-11H,6-9,15H2,1H3;1H. The van der Waals surface area contributed by atoms with E-state index in [2.05, 4.69) is 17.9 Å². The molecule has 4 heteroatoms. The van der Waals surface area contributed by atoms with E-state index in [9.17, 15) is 0 Å². The summed E-state index contributed by atoms with van der Waals surface area (Å²) in [5, 5.41) is 0.867. The monoisotopic (exact) mass is 274 g/mol. The first kappa shape index (κ1) is 14.8. The van der Waals surface area contributed by atoms with Gasteiger partial charge < -0.3 is 5.73 Å². The predicted octanol–water partition coefficient (Wildman–Crippen LogP) is 2.93. The molecule has 1 aromatic carbocycles. The predicted molar refractivity (Wildman–Crippen MR) is 75.7 cm³/mol. The van der Waals surface area contributed by atoms with Gasteiger partial charge in [0, 0.05) is 24.2 Å². The van der Waals surface area contributed by atoms with Gasteiger partial charge in [-0.2, -0.15) is 0 Å². The second-order valence-corrected chi connectivity index (χ2v) is 5.14. The van der Waals surface area contributed by atoms with Gasteiger partial charge in [0.25, 0.3) is 0 Å². The molecule has 2 rings (SSSR count). The number of hydrogen-bond acceptors (Lipinski definition) is 2. The summed E-state index contributed by atoms with van der Waals surface area (Å²) in [6.07, 6.45) is 1.21. The van der Waals surface area contributed by atoms with E-state index in [0.717, 1.165) is 24.7 Å². The van der Waals surface area contributed by atoms with Crippen molar-refractivity contribution >= 4 is 24.0 Å². The minimum absolute atomic E-state index is 0. The molecule has 2 nitrogen and oxygen atoms in total. The lowest BCUT2D eigenvalue weighted by atomic mass is 10.0. The van der Waals surface area contributed by atoms with Crippen LogP contribution < -0.4 is 5.73 Å². The molecule has 2 atom stereocenters. The lowest BCUT2D eigenvalue weighted by Gasteiger charge is -2.18. The van der Waals surface area contributed by atoms with Crippen LogP contribution in [-0.4, -0.2) is 24.0 Å². The third-order valence-electron chi connectivity index (χ3n) is 3.40. The van der Waals surface area contributed by atoms with Crippen molar-refractivity contribution in [2.75, 3.05) is 13.1 Å². The average Bonchev–Trinajstić information content (AvgIpc) is 2.70. The van der Waals surface area contributed by atoms with E-state index in [1.165, 1.54) is 12.0 Å². The molecule has 17 heavy (non-hydrogen) atoms. The fourth-order valence-corrected chi connectivity index (χ4v) is 2.50. The largest absolute Gasteiger partial charge is 0.328 e. The van der Waals surface area contributed by atoms with Gasteiger partial charge >= 0.3 is 0 Å². The number of likely N-dealkylation sites (tertiary alicyclic amines) is 1. The number of halogens is 2. The fourth-order valence-electron chi connectivity index (χ4n) is 2.30. The molecule has 0 radical (unpaired) electrons. The van der Waals surface area contributed by atoms with Crippen molar-refractivity contribution in [3.63, 3.8) is 0 Å².